The molecule has 0 spiro atoms. The van der Waals surface area contributed by atoms with E-state index in [2.05, 4.69) is 69.9 Å². The second kappa shape index (κ2) is 10.6. The van der Waals surface area contributed by atoms with E-state index in [9.17, 15) is 8.42 Å². The summed E-state index contributed by atoms with van der Waals surface area (Å²) < 4.78 is 26.3. The normalized spacial score (nSPS) is 15.8. The molecule has 0 radical (unpaired) electrons. The van der Waals surface area contributed by atoms with E-state index in [1.807, 2.05) is 0 Å². The molecule has 2 aromatic rings. The van der Waals surface area contributed by atoms with Crippen LogP contribution in [0.4, 0.5) is 11.9 Å². The van der Waals surface area contributed by atoms with Crippen molar-refractivity contribution in [2.45, 2.75) is 31.7 Å². The lowest BCUT2D eigenvalue weighted by Gasteiger charge is -2.38. The molecule has 0 aliphatic carbocycles. The second-order valence-corrected chi connectivity index (χ2v) is 10.4. The first-order valence-electron chi connectivity index (χ1n) is 10.2. The first-order valence-corrected chi connectivity index (χ1v) is 12.8. The van der Waals surface area contributed by atoms with Gasteiger partial charge in [-0.1, -0.05) is 28.1 Å². The number of anilines is 2. The Hall–Kier alpha value is -1.69. The van der Waals surface area contributed by atoms with Crippen molar-refractivity contribution in [2.75, 3.05) is 49.6 Å². The molecule has 0 bridgehead atoms. The van der Waals surface area contributed by atoms with Crippen LogP contribution in [0.5, 0.6) is 0 Å². The van der Waals surface area contributed by atoms with Crippen molar-refractivity contribution in [3.8, 4) is 0 Å². The van der Waals surface area contributed by atoms with E-state index in [1.54, 1.807) is 0 Å². The van der Waals surface area contributed by atoms with Gasteiger partial charge in [0.25, 0.3) is 0 Å². The lowest BCUT2D eigenvalue weighted by molar-refractivity contribution is 0.169. The van der Waals surface area contributed by atoms with Gasteiger partial charge in [-0.2, -0.15) is 4.98 Å². The third-order valence-corrected chi connectivity index (χ3v) is 6.60. The molecule has 1 fully saturated rings. The first-order chi connectivity index (χ1) is 14.3. The number of piperidine rings is 1. The molecule has 2 heterocycles. The molecule has 4 N–H and O–H groups in total. The third kappa shape index (κ3) is 7.22. The van der Waals surface area contributed by atoms with E-state index in [-0.39, 0.29) is 0 Å². The minimum atomic E-state index is -3.15. The molecule has 11 heteroatoms. The molecule has 1 aromatic carbocycles. The highest BCUT2D eigenvalue weighted by Crippen LogP contribution is 2.21. The Morgan fingerprint density at radius 2 is 1.97 bits per heavy atom. The van der Waals surface area contributed by atoms with Gasteiger partial charge >= 0.3 is 0 Å². The van der Waals surface area contributed by atoms with Crippen LogP contribution in [0.15, 0.2) is 28.7 Å². The Balaban J connectivity index is 1.56. The fourth-order valence-electron chi connectivity index (χ4n) is 3.78. The van der Waals surface area contributed by atoms with Crippen molar-refractivity contribution in [3.05, 3.63) is 34.3 Å². The zero-order chi connectivity index (χ0) is 21.6. The number of nitrogens with zero attached hydrogens (tertiary/aromatic N) is 4. The van der Waals surface area contributed by atoms with E-state index in [0.29, 0.717) is 24.5 Å². The summed E-state index contributed by atoms with van der Waals surface area (Å²) >= 11 is 3.48. The van der Waals surface area contributed by atoms with Crippen molar-refractivity contribution >= 4 is 37.8 Å². The SMILES string of the molecule is CS(=O)(=O)NCCCN(CCc1ccc(Br)cc1)C1CCN(c2n[nH]c(N)n2)CC1. The van der Waals surface area contributed by atoms with Crippen LogP contribution in [0.2, 0.25) is 0 Å². The van der Waals surface area contributed by atoms with Gasteiger partial charge in [-0.15, -0.1) is 5.10 Å². The van der Waals surface area contributed by atoms with Gasteiger partial charge in [0, 0.05) is 36.7 Å². The summed E-state index contributed by atoms with van der Waals surface area (Å²) in [4.78, 5) is 8.88. The van der Waals surface area contributed by atoms with Gasteiger partial charge in [-0.3, -0.25) is 4.90 Å². The second-order valence-electron chi connectivity index (χ2n) is 7.67. The van der Waals surface area contributed by atoms with Gasteiger partial charge in [-0.05, 0) is 49.9 Å². The van der Waals surface area contributed by atoms with Gasteiger partial charge in [0.15, 0.2) is 0 Å². The van der Waals surface area contributed by atoms with Gasteiger partial charge in [0.05, 0.1) is 6.26 Å². The Labute approximate surface area is 186 Å². The van der Waals surface area contributed by atoms with Gasteiger partial charge < -0.3 is 10.6 Å². The summed E-state index contributed by atoms with van der Waals surface area (Å²) in [6.45, 7) is 4.01. The number of hydrogen-bond donors (Lipinski definition) is 3. The van der Waals surface area contributed by atoms with Crippen molar-refractivity contribution in [2.24, 2.45) is 0 Å². The smallest absolute Gasteiger partial charge is 0.246 e. The standard InChI is InChI=1S/C19H30BrN7O2S/c1-30(28,29)22-10-2-11-26(12-7-15-3-5-16(20)6-4-15)17-8-13-27(14-9-17)19-23-18(21)24-25-19/h3-6,17,22H,2,7-14H2,1H3,(H3,21,23,24,25). The largest absolute Gasteiger partial charge is 0.368 e. The number of nitrogen functional groups attached to an aromatic ring is 1. The fourth-order valence-corrected chi connectivity index (χ4v) is 4.56. The fraction of sp³-hybridized carbons (Fsp3) is 0.579. The van der Waals surface area contributed by atoms with Gasteiger partial charge in [0.1, 0.15) is 0 Å². The van der Waals surface area contributed by atoms with E-state index in [1.165, 1.54) is 11.8 Å². The lowest BCUT2D eigenvalue weighted by atomic mass is 10.0. The minimum Gasteiger partial charge on any atom is -0.368 e. The molecular weight excluding hydrogens is 470 g/mol. The maximum atomic E-state index is 11.3. The highest BCUT2D eigenvalue weighted by molar-refractivity contribution is 9.10. The van der Waals surface area contributed by atoms with Crippen LogP contribution in [0, 0.1) is 0 Å². The number of nitrogens with two attached hydrogens (primary N) is 1. The number of aromatic nitrogens is 3. The van der Waals surface area contributed by atoms with E-state index < -0.39 is 10.0 Å². The number of rotatable bonds is 10. The summed E-state index contributed by atoms with van der Waals surface area (Å²) in [5, 5.41) is 6.85. The van der Waals surface area contributed by atoms with E-state index >= 15 is 0 Å². The highest BCUT2D eigenvalue weighted by atomic mass is 79.9. The molecule has 1 aliphatic heterocycles. The number of H-pyrrole nitrogens is 1. The van der Waals surface area contributed by atoms with Crippen LogP contribution < -0.4 is 15.4 Å². The summed E-state index contributed by atoms with van der Waals surface area (Å²) in [5.74, 6) is 0.992. The Morgan fingerprint density at radius 3 is 2.57 bits per heavy atom. The Bertz CT molecular complexity index is 896. The predicted octanol–water partition coefficient (Wildman–Crippen LogP) is 1.60. The van der Waals surface area contributed by atoms with E-state index in [4.69, 9.17) is 5.73 Å². The van der Waals surface area contributed by atoms with Crippen LogP contribution in [-0.2, 0) is 16.4 Å². The highest BCUT2D eigenvalue weighted by Gasteiger charge is 2.26. The summed E-state index contributed by atoms with van der Waals surface area (Å²) in [6.07, 6.45) is 4.96. The molecule has 0 atom stereocenters. The Morgan fingerprint density at radius 1 is 1.27 bits per heavy atom. The zero-order valence-electron chi connectivity index (χ0n) is 17.2. The maximum absolute atomic E-state index is 11.3. The summed E-state index contributed by atoms with van der Waals surface area (Å²) in [5.41, 5.74) is 6.95. The quantitative estimate of drug-likeness (QED) is 0.424. The average molecular weight is 500 g/mol. The first kappa shape index (κ1) is 23.0. The third-order valence-electron chi connectivity index (χ3n) is 5.34. The minimum absolute atomic E-state index is 0.335. The molecule has 0 unspecified atom stereocenters. The summed E-state index contributed by atoms with van der Waals surface area (Å²) in [7, 11) is -3.15. The molecule has 1 aromatic heterocycles. The monoisotopic (exact) mass is 499 g/mol. The van der Waals surface area contributed by atoms with Crippen molar-refractivity contribution in [1.82, 2.24) is 24.8 Å². The van der Waals surface area contributed by atoms with Crippen LogP contribution >= 0.6 is 15.9 Å². The molecule has 1 aliphatic rings. The lowest BCUT2D eigenvalue weighted by Crippen LogP contribution is -2.46. The van der Waals surface area contributed by atoms with Gasteiger partial charge in [0.2, 0.25) is 21.9 Å². The molecule has 166 valence electrons. The predicted molar refractivity (Wildman–Crippen MR) is 123 cm³/mol. The number of aromatic amines is 1. The molecule has 1 saturated heterocycles. The number of benzene rings is 1. The maximum Gasteiger partial charge on any atom is 0.246 e. The topological polar surface area (TPSA) is 120 Å². The molecule has 0 saturated carbocycles. The van der Waals surface area contributed by atoms with Gasteiger partial charge in [-0.25, -0.2) is 18.2 Å². The van der Waals surface area contributed by atoms with Crippen LogP contribution in [-0.4, -0.2) is 73.5 Å². The van der Waals surface area contributed by atoms with Crippen LogP contribution in [0.3, 0.4) is 0 Å². The summed E-state index contributed by atoms with van der Waals surface area (Å²) in [6, 6.07) is 8.87. The van der Waals surface area contributed by atoms with E-state index in [0.717, 1.165) is 56.3 Å². The van der Waals surface area contributed by atoms with Crippen LogP contribution in [0.25, 0.3) is 0 Å². The molecule has 9 nitrogen and oxygen atoms in total. The number of hydrogen-bond acceptors (Lipinski definition) is 7. The number of sulfonamides is 1. The molecular formula is C19H30BrN7O2S. The van der Waals surface area contributed by atoms with Crippen molar-refractivity contribution < 1.29 is 8.42 Å². The average Bonchev–Trinajstić information content (AvgIpc) is 3.14. The molecule has 3 rings (SSSR count). The van der Waals surface area contributed by atoms with Crippen molar-refractivity contribution in [3.63, 3.8) is 0 Å². The Kier molecular flexibility index (Phi) is 8.09. The zero-order valence-corrected chi connectivity index (χ0v) is 19.6. The number of halogens is 1. The molecule has 30 heavy (non-hydrogen) atoms. The molecule has 0 amide bonds. The van der Waals surface area contributed by atoms with Crippen molar-refractivity contribution in [1.29, 1.82) is 0 Å². The number of nitrogens with one attached hydrogen (secondary N) is 2. The van der Waals surface area contributed by atoms with Crippen LogP contribution in [0.1, 0.15) is 24.8 Å².